The van der Waals surface area contributed by atoms with Crippen molar-refractivity contribution in [3.05, 3.63) is 40.2 Å². The summed E-state index contributed by atoms with van der Waals surface area (Å²) in [5.41, 5.74) is 5.18. The van der Waals surface area contributed by atoms with Crippen LogP contribution >= 0.6 is 0 Å². The van der Waals surface area contributed by atoms with E-state index in [0.29, 0.717) is 23.9 Å². The van der Waals surface area contributed by atoms with E-state index >= 15 is 0 Å². The normalized spacial score (nSPS) is 10.6. The number of ether oxygens (including phenoxy) is 1. The van der Waals surface area contributed by atoms with Crippen molar-refractivity contribution in [3.8, 4) is 5.75 Å². The van der Waals surface area contributed by atoms with Gasteiger partial charge in [0, 0.05) is 11.5 Å². The highest BCUT2D eigenvalue weighted by molar-refractivity contribution is 5.96. The number of nitrogens with zero attached hydrogens (tertiary/aromatic N) is 1. The smallest absolute Gasteiger partial charge is 0.335 e. The standard InChI is InChI=1S/C15H16N2O5/c1-2-5-22-11-7-10(15(20)21)6-9-3-4-13(19)17(14(9)11)8-12(16)18/h3-4,6-7H,2,5,8H2,1H3,(H2,16,18)(H,20,21). The third kappa shape index (κ3) is 3.08. The topological polar surface area (TPSA) is 112 Å². The first-order valence-corrected chi connectivity index (χ1v) is 6.76. The van der Waals surface area contributed by atoms with E-state index in [4.69, 9.17) is 15.6 Å². The number of aromatic nitrogens is 1. The van der Waals surface area contributed by atoms with Crippen LogP contribution in [0.4, 0.5) is 0 Å². The summed E-state index contributed by atoms with van der Waals surface area (Å²) in [5.74, 6) is -1.52. The number of fused-ring (bicyclic) bond motifs is 1. The molecule has 0 aliphatic rings. The minimum Gasteiger partial charge on any atom is -0.491 e. The molecule has 7 nitrogen and oxygen atoms in total. The van der Waals surface area contributed by atoms with Crippen molar-refractivity contribution < 1.29 is 19.4 Å². The van der Waals surface area contributed by atoms with E-state index in [2.05, 4.69) is 0 Å². The number of aromatic carboxylic acids is 1. The zero-order valence-corrected chi connectivity index (χ0v) is 12.0. The fourth-order valence-electron chi connectivity index (χ4n) is 2.16. The van der Waals surface area contributed by atoms with Crippen molar-refractivity contribution in [1.29, 1.82) is 0 Å². The maximum Gasteiger partial charge on any atom is 0.335 e. The van der Waals surface area contributed by atoms with Crippen molar-refractivity contribution in [3.63, 3.8) is 0 Å². The van der Waals surface area contributed by atoms with Gasteiger partial charge in [0.1, 0.15) is 12.3 Å². The van der Waals surface area contributed by atoms with E-state index in [0.717, 1.165) is 0 Å². The minimum absolute atomic E-state index is 0.0443. The van der Waals surface area contributed by atoms with Gasteiger partial charge in [-0.2, -0.15) is 0 Å². The SMILES string of the molecule is CCCOc1cc(C(=O)O)cc2ccc(=O)n(CC(N)=O)c12. The second-order valence-electron chi connectivity index (χ2n) is 4.79. The van der Waals surface area contributed by atoms with Crippen LogP contribution in [0.5, 0.6) is 5.75 Å². The van der Waals surface area contributed by atoms with Crippen LogP contribution in [0.3, 0.4) is 0 Å². The number of carbonyl (C=O) groups excluding carboxylic acids is 1. The Morgan fingerprint density at radius 2 is 2.05 bits per heavy atom. The number of carboxylic acids is 1. The lowest BCUT2D eigenvalue weighted by Crippen LogP contribution is -2.28. The van der Waals surface area contributed by atoms with Crippen LogP contribution in [0, 0.1) is 0 Å². The first-order valence-electron chi connectivity index (χ1n) is 6.76. The van der Waals surface area contributed by atoms with Crippen LogP contribution in [-0.2, 0) is 11.3 Å². The summed E-state index contributed by atoms with van der Waals surface area (Å²) in [6, 6.07) is 5.53. The number of primary amides is 1. The van der Waals surface area contributed by atoms with Gasteiger partial charge in [-0.25, -0.2) is 4.79 Å². The van der Waals surface area contributed by atoms with E-state index in [9.17, 15) is 14.4 Å². The summed E-state index contributed by atoms with van der Waals surface area (Å²) in [7, 11) is 0. The summed E-state index contributed by atoms with van der Waals surface area (Å²) in [4.78, 5) is 34.4. The monoisotopic (exact) mass is 304 g/mol. The first-order chi connectivity index (χ1) is 10.4. The predicted molar refractivity (Wildman–Crippen MR) is 80.1 cm³/mol. The molecule has 1 heterocycles. The molecule has 0 fully saturated rings. The molecule has 2 aromatic rings. The van der Waals surface area contributed by atoms with E-state index in [1.54, 1.807) is 0 Å². The number of hydrogen-bond donors (Lipinski definition) is 2. The molecule has 1 aromatic heterocycles. The number of pyridine rings is 1. The molecule has 22 heavy (non-hydrogen) atoms. The fraction of sp³-hybridized carbons (Fsp3) is 0.267. The molecule has 2 rings (SSSR count). The largest absolute Gasteiger partial charge is 0.491 e. The molecular formula is C15H16N2O5. The second-order valence-corrected chi connectivity index (χ2v) is 4.79. The van der Waals surface area contributed by atoms with Gasteiger partial charge in [0.05, 0.1) is 17.7 Å². The Labute approximate surface area is 125 Å². The van der Waals surface area contributed by atoms with Gasteiger partial charge in [-0.1, -0.05) is 6.92 Å². The number of amides is 1. The highest BCUT2D eigenvalue weighted by Crippen LogP contribution is 2.27. The summed E-state index contributed by atoms with van der Waals surface area (Å²) < 4.78 is 6.75. The minimum atomic E-state index is -1.10. The predicted octanol–water partition coefficient (Wildman–Crippen LogP) is 0.974. The van der Waals surface area contributed by atoms with E-state index in [-0.39, 0.29) is 17.9 Å². The average molecular weight is 304 g/mol. The van der Waals surface area contributed by atoms with E-state index < -0.39 is 17.4 Å². The Bertz CT molecular complexity index is 794. The number of nitrogens with two attached hydrogens (primary N) is 1. The molecule has 1 aromatic carbocycles. The maximum absolute atomic E-state index is 12.0. The summed E-state index contributed by atoms with van der Waals surface area (Å²) >= 11 is 0. The van der Waals surface area contributed by atoms with Gasteiger partial charge in [-0.3, -0.25) is 14.2 Å². The molecule has 116 valence electrons. The molecule has 0 unspecified atom stereocenters. The Morgan fingerprint density at radius 3 is 2.64 bits per heavy atom. The van der Waals surface area contributed by atoms with Crippen LogP contribution < -0.4 is 16.0 Å². The molecule has 0 saturated carbocycles. The Balaban J connectivity index is 2.77. The quantitative estimate of drug-likeness (QED) is 0.826. The highest BCUT2D eigenvalue weighted by atomic mass is 16.5. The molecule has 0 bridgehead atoms. The molecule has 7 heteroatoms. The van der Waals surface area contributed by atoms with Crippen LogP contribution in [0.1, 0.15) is 23.7 Å². The van der Waals surface area contributed by atoms with Crippen molar-refractivity contribution in [2.45, 2.75) is 19.9 Å². The summed E-state index contributed by atoms with van der Waals surface area (Å²) in [6.07, 6.45) is 0.714. The Morgan fingerprint density at radius 1 is 1.32 bits per heavy atom. The number of carboxylic acid groups (broad SMARTS) is 1. The molecule has 3 N–H and O–H groups in total. The maximum atomic E-state index is 12.0. The molecule has 0 atom stereocenters. The lowest BCUT2D eigenvalue weighted by molar-refractivity contribution is -0.118. The van der Waals surface area contributed by atoms with Gasteiger partial charge in [-0.05, 0) is 24.6 Å². The number of rotatable bonds is 6. The first kappa shape index (κ1) is 15.6. The summed E-state index contributed by atoms with van der Waals surface area (Å²) in [6.45, 7) is 1.96. The fourth-order valence-corrected chi connectivity index (χ4v) is 2.16. The van der Waals surface area contributed by atoms with Gasteiger partial charge in [0.2, 0.25) is 5.91 Å². The second kappa shape index (κ2) is 6.30. The molecular weight excluding hydrogens is 288 g/mol. The Kier molecular flexibility index (Phi) is 4.45. The highest BCUT2D eigenvalue weighted by Gasteiger charge is 2.15. The van der Waals surface area contributed by atoms with Gasteiger partial charge in [-0.15, -0.1) is 0 Å². The molecule has 0 radical (unpaired) electrons. The van der Waals surface area contributed by atoms with E-state index in [1.165, 1.54) is 28.8 Å². The van der Waals surface area contributed by atoms with Crippen molar-refractivity contribution >= 4 is 22.8 Å². The molecule has 1 amide bonds. The summed E-state index contributed by atoms with van der Waals surface area (Å²) in [5, 5.41) is 9.66. The van der Waals surface area contributed by atoms with Gasteiger partial charge >= 0.3 is 5.97 Å². The zero-order valence-electron chi connectivity index (χ0n) is 12.0. The molecule has 0 spiro atoms. The third-order valence-corrected chi connectivity index (χ3v) is 3.07. The number of benzene rings is 1. The third-order valence-electron chi connectivity index (χ3n) is 3.07. The molecule has 0 saturated heterocycles. The average Bonchev–Trinajstić information content (AvgIpc) is 2.46. The molecule has 0 aliphatic carbocycles. The lowest BCUT2D eigenvalue weighted by Gasteiger charge is -2.14. The van der Waals surface area contributed by atoms with Crippen molar-refractivity contribution in [2.24, 2.45) is 5.73 Å². The lowest BCUT2D eigenvalue weighted by atomic mass is 10.1. The number of hydrogen-bond acceptors (Lipinski definition) is 4. The van der Waals surface area contributed by atoms with Crippen LogP contribution in [0.25, 0.3) is 10.9 Å². The van der Waals surface area contributed by atoms with Crippen LogP contribution in [0.15, 0.2) is 29.1 Å². The van der Waals surface area contributed by atoms with Crippen molar-refractivity contribution in [1.82, 2.24) is 4.57 Å². The van der Waals surface area contributed by atoms with Crippen LogP contribution in [0.2, 0.25) is 0 Å². The molecule has 0 aliphatic heterocycles. The zero-order chi connectivity index (χ0) is 16.3. The Hall–Kier alpha value is -2.83. The van der Waals surface area contributed by atoms with Gasteiger partial charge < -0.3 is 15.6 Å². The number of carbonyl (C=O) groups is 2. The van der Waals surface area contributed by atoms with E-state index in [1.807, 2.05) is 6.92 Å². The van der Waals surface area contributed by atoms with Gasteiger partial charge in [0.25, 0.3) is 5.56 Å². The van der Waals surface area contributed by atoms with Crippen LogP contribution in [-0.4, -0.2) is 28.2 Å². The van der Waals surface area contributed by atoms with Crippen molar-refractivity contribution in [2.75, 3.05) is 6.61 Å². The van der Waals surface area contributed by atoms with Gasteiger partial charge in [0.15, 0.2) is 0 Å².